The van der Waals surface area contributed by atoms with E-state index in [2.05, 4.69) is 19.2 Å². The van der Waals surface area contributed by atoms with Gasteiger partial charge in [0.25, 0.3) is 5.91 Å². The molecule has 0 bridgehead atoms. The Kier molecular flexibility index (Phi) is 4.68. The molecule has 0 aromatic heterocycles. The van der Waals surface area contributed by atoms with Crippen molar-refractivity contribution in [3.63, 3.8) is 0 Å². The Bertz CT molecular complexity index is 845. The van der Waals surface area contributed by atoms with Gasteiger partial charge in [-0.3, -0.25) is 4.79 Å². The van der Waals surface area contributed by atoms with Crippen molar-refractivity contribution < 1.29 is 14.3 Å². The predicted octanol–water partition coefficient (Wildman–Crippen LogP) is 4.46. The summed E-state index contributed by atoms with van der Waals surface area (Å²) in [6, 6.07) is 13.9. The third-order valence-electron chi connectivity index (χ3n) is 4.98. The molecule has 1 N–H and O–H groups in total. The van der Waals surface area contributed by atoms with Gasteiger partial charge in [-0.25, -0.2) is 0 Å². The lowest BCUT2D eigenvalue weighted by atomic mass is 10.0. The molecule has 0 spiro atoms. The number of amides is 1. The molecule has 27 heavy (non-hydrogen) atoms. The van der Waals surface area contributed by atoms with Gasteiger partial charge in [0, 0.05) is 11.7 Å². The minimum absolute atomic E-state index is 0.0947. The van der Waals surface area contributed by atoms with Crippen LogP contribution in [0.2, 0.25) is 0 Å². The molecule has 2 aliphatic rings. The quantitative estimate of drug-likeness (QED) is 0.820. The van der Waals surface area contributed by atoms with Crippen LogP contribution in [0.5, 0.6) is 11.5 Å². The van der Waals surface area contributed by atoms with E-state index in [0.29, 0.717) is 30.1 Å². The van der Waals surface area contributed by atoms with Gasteiger partial charge >= 0.3 is 0 Å². The van der Waals surface area contributed by atoms with E-state index < -0.39 is 0 Å². The lowest BCUT2D eigenvalue weighted by Crippen LogP contribution is -2.44. The topological polar surface area (TPSA) is 50.8 Å². The summed E-state index contributed by atoms with van der Waals surface area (Å²) in [7, 11) is 1.65. The van der Waals surface area contributed by atoms with Crippen molar-refractivity contribution in [3.05, 3.63) is 53.6 Å². The van der Waals surface area contributed by atoms with E-state index in [0.717, 1.165) is 29.7 Å². The standard InChI is InChI=1S/C22H26N2O3/c1-14(2)13-27-20-12-15(8-11-19(20)26-3)21-23-18-7-5-4-6-17(18)22(25)24(21)16-9-10-16/h4-8,11-12,14,16,21,23H,9-10,13H2,1-3H3/t21-/m1/s1. The zero-order chi connectivity index (χ0) is 19.0. The molecule has 0 radical (unpaired) electrons. The van der Waals surface area contributed by atoms with E-state index in [9.17, 15) is 4.79 Å². The third-order valence-corrected chi connectivity index (χ3v) is 4.98. The highest BCUT2D eigenvalue weighted by atomic mass is 16.5. The lowest BCUT2D eigenvalue weighted by Gasteiger charge is -2.38. The number of nitrogens with one attached hydrogen (secondary N) is 1. The van der Waals surface area contributed by atoms with Crippen molar-refractivity contribution >= 4 is 11.6 Å². The molecule has 2 aromatic rings. The van der Waals surface area contributed by atoms with Crippen molar-refractivity contribution in [2.75, 3.05) is 19.0 Å². The second kappa shape index (κ2) is 7.14. The minimum Gasteiger partial charge on any atom is -0.493 e. The highest BCUT2D eigenvalue weighted by molar-refractivity contribution is 6.02. The maximum atomic E-state index is 13.1. The van der Waals surface area contributed by atoms with Crippen LogP contribution in [-0.2, 0) is 0 Å². The van der Waals surface area contributed by atoms with Gasteiger partial charge < -0.3 is 19.7 Å². The summed E-state index contributed by atoms with van der Waals surface area (Å²) in [6.07, 6.45) is 1.91. The molecular formula is C22H26N2O3. The second-order valence-electron chi connectivity index (χ2n) is 7.65. The normalized spacial score (nSPS) is 18.9. The summed E-state index contributed by atoms with van der Waals surface area (Å²) in [5, 5.41) is 3.55. The Morgan fingerprint density at radius 1 is 1.15 bits per heavy atom. The van der Waals surface area contributed by atoms with Gasteiger partial charge in [0.1, 0.15) is 6.17 Å². The van der Waals surface area contributed by atoms with Crippen LogP contribution in [-0.4, -0.2) is 30.6 Å². The lowest BCUT2D eigenvalue weighted by molar-refractivity contribution is 0.0666. The average Bonchev–Trinajstić information content (AvgIpc) is 3.51. The van der Waals surface area contributed by atoms with Gasteiger partial charge in [-0.15, -0.1) is 0 Å². The van der Waals surface area contributed by atoms with E-state index in [1.54, 1.807) is 7.11 Å². The van der Waals surface area contributed by atoms with E-state index in [1.807, 2.05) is 47.4 Å². The van der Waals surface area contributed by atoms with E-state index >= 15 is 0 Å². The molecule has 1 fully saturated rings. The van der Waals surface area contributed by atoms with Crippen LogP contribution in [0.1, 0.15) is 48.8 Å². The number of hydrogen-bond donors (Lipinski definition) is 1. The predicted molar refractivity (Wildman–Crippen MR) is 105 cm³/mol. The molecule has 1 amide bonds. The highest BCUT2D eigenvalue weighted by Gasteiger charge is 2.42. The molecule has 1 aliphatic carbocycles. The van der Waals surface area contributed by atoms with Crippen LogP contribution in [0.15, 0.2) is 42.5 Å². The van der Waals surface area contributed by atoms with E-state index in [-0.39, 0.29) is 12.1 Å². The van der Waals surface area contributed by atoms with Crippen LogP contribution in [0.25, 0.3) is 0 Å². The summed E-state index contributed by atoms with van der Waals surface area (Å²) in [5.41, 5.74) is 2.62. The SMILES string of the molecule is COc1ccc([C@@H]2Nc3ccccc3C(=O)N2C2CC2)cc1OCC(C)C. The van der Waals surface area contributed by atoms with Gasteiger partial charge in [-0.2, -0.15) is 0 Å². The number of methoxy groups -OCH3 is 1. The molecule has 0 saturated heterocycles. The zero-order valence-electron chi connectivity index (χ0n) is 16.1. The fourth-order valence-corrected chi connectivity index (χ4v) is 3.47. The number of ether oxygens (including phenoxy) is 2. The first-order valence-corrected chi connectivity index (χ1v) is 9.57. The summed E-state index contributed by atoms with van der Waals surface area (Å²) in [6.45, 7) is 4.85. The summed E-state index contributed by atoms with van der Waals surface area (Å²) in [4.78, 5) is 15.1. The van der Waals surface area contributed by atoms with Crippen molar-refractivity contribution in [1.29, 1.82) is 0 Å². The fraction of sp³-hybridized carbons (Fsp3) is 0.409. The maximum absolute atomic E-state index is 13.1. The fourth-order valence-electron chi connectivity index (χ4n) is 3.47. The number of rotatable bonds is 6. The molecule has 4 rings (SSSR count). The first kappa shape index (κ1) is 17.7. The number of benzene rings is 2. The van der Waals surface area contributed by atoms with Crippen molar-refractivity contribution in [1.82, 2.24) is 4.90 Å². The maximum Gasteiger partial charge on any atom is 0.258 e. The molecule has 5 heteroatoms. The summed E-state index contributed by atoms with van der Waals surface area (Å²) in [5.74, 6) is 1.94. The number of carbonyl (C=O) groups is 1. The summed E-state index contributed by atoms with van der Waals surface area (Å²) >= 11 is 0. The number of nitrogens with zero attached hydrogens (tertiary/aromatic N) is 1. The van der Waals surface area contributed by atoms with Crippen LogP contribution < -0.4 is 14.8 Å². The van der Waals surface area contributed by atoms with Gasteiger partial charge in [0.15, 0.2) is 11.5 Å². The van der Waals surface area contributed by atoms with E-state index in [4.69, 9.17) is 9.47 Å². The van der Waals surface area contributed by atoms with Crippen LogP contribution in [0.4, 0.5) is 5.69 Å². The Morgan fingerprint density at radius 2 is 1.93 bits per heavy atom. The monoisotopic (exact) mass is 366 g/mol. The second-order valence-corrected chi connectivity index (χ2v) is 7.65. The molecule has 1 atom stereocenters. The average molecular weight is 366 g/mol. The smallest absolute Gasteiger partial charge is 0.258 e. The van der Waals surface area contributed by atoms with Crippen molar-refractivity contribution in [3.8, 4) is 11.5 Å². The molecule has 5 nitrogen and oxygen atoms in total. The molecule has 142 valence electrons. The third kappa shape index (κ3) is 3.46. The molecule has 2 aromatic carbocycles. The Hall–Kier alpha value is -2.69. The summed E-state index contributed by atoms with van der Waals surface area (Å²) < 4.78 is 11.4. The Balaban J connectivity index is 1.70. The largest absolute Gasteiger partial charge is 0.493 e. The van der Waals surface area contributed by atoms with Gasteiger partial charge in [0.05, 0.1) is 19.3 Å². The Labute approximate surface area is 160 Å². The first-order chi connectivity index (χ1) is 13.1. The van der Waals surface area contributed by atoms with Gasteiger partial charge in [0.2, 0.25) is 0 Å². The van der Waals surface area contributed by atoms with Crippen LogP contribution >= 0.6 is 0 Å². The van der Waals surface area contributed by atoms with Crippen LogP contribution in [0.3, 0.4) is 0 Å². The number of hydrogen-bond acceptors (Lipinski definition) is 4. The van der Waals surface area contributed by atoms with Gasteiger partial charge in [-0.05, 0) is 48.6 Å². The van der Waals surface area contributed by atoms with Crippen molar-refractivity contribution in [2.45, 2.75) is 38.9 Å². The molecule has 1 heterocycles. The van der Waals surface area contributed by atoms with Gasteiger partial charge in [-0.1, -0.05) is 32.0 Å². The number of carbonyl (C=O) groups excluding carboxylic acids is 1. The molecule has 0 unspecified atom stereocenters. The number of fused-ring (bicyclic) bond motifs is 1. The number of anilines is 1. The number of para-hydroxylation sites is 1. The molecule has 1 saturated carbocycles. The molecular weight excluding hydrogens is 340 g/mol. The zero-order valence-corrected chi connectivity index (χ0v) is 16.1. The minimum atomic E-state index is -0.202. The Morgan fingerprint density at radius 3 is 2.63 bits per heavy atom. The van der Waals surface area contributed by atoms with Crippen molar-refractivity contribution in [2.24, 2.45) is 5.92 Å². The highest BCUT2D eigenvalue weighted by Crippen LogP contribution is 2.42. The van der Waals surface area contributed by atoms with Crippen LogP contribution in [0, 0.1) is 5.92 Å². The van der Waals surface area contributed by atoms with E-state index in [1.165, 1.54) is 0 Å². The molecule has 1 aliphatic heterocycles. The first-order valence-electron chi connectivity index (χ1n) is 9.57.